The first-order valence-electron chi connectivity index (χ1n) is 15.1. The van der Waals surface area contributed by atoms with E-state index in [0.717, 1.165) is 53.1 Å². The normalized spacial score (nSPS) is 13.4. The number of rotatable bonds is 7. The SMILES string of the molecule is CC(C)(CNc1ccc2ccc3c(N(c4ccccc4)c4cccc(C#N)c4)ccc4ccc1c2c43)C1=CCCC(C#N)=C1. The second-order valence-corrected chi connectivity index (χ2v) is 12.2. The van der Waals surface area contributed by atoms with E-state index in [1.165, 1.54) is 32.5 Å². The lowest BCUT2D eigenvalue weighted by Crippen LogP contribution is -2.25. The Morgan fingerprint density at radius 3 is 2.23 bits per heavy atom. The van der Waals surface area contributed by atoms with Crippen molar-refractivity contribution >= 4 is 55.1 Å². The summed E-state index contributed by atoms with van der Waals surface area (Å²) in [6, 6.07) is 40.5. The zero-order valence-corrected chi connectivity index (χ0v) is 24.9. The molecule has 0 amide bonds. The molecule has 0 aromatic heterocycles. The maximum Gasteiger partial charge on any atom is 0.0992 e. The highest BCUT2D eigenvalue weighted by molar-refractivity contribution is 6.27. The number of nitrogens with one attached hydrogen (secondary N) is 1. The predicted octanol–water partition coefficient (Wildman–Crippen LogP) is 10.5. The summed E-state index contributed by atoms with van der Waals surface area (Å²) in [6.45, 7) is 5.23. The number of nitrogens with zero attached hydrogens (tertiary/aromatic N) is 3. The van der Waals surface area contributed by atoms with Crippen LogP contribution in [0, 0.1) is 28.1 Å². The van der Waals surface area contributed by atoms with Crippen LogP contribution in [0.5, 0.6) is 0 Å². The van der Waals surface area contributed by atoms with Crippen molar-refractivity contribution in [3.05, 3.63) is 132 Å². The number of hydrogen-bond donors (Lipinski definition) is 1. The van der Waals surface area contributed by atoms with Crippen molar-refractivity contribution < 1.29 is 0 Å². The van der Waals surface area contributed by atoms with Crippen molar-refractivity contribution in [3.63, 3.8) is 0 Å². The maximum atomic E-state index is 9.67. The summed E-state index contributed by atoms with van der Waals surface area (Å²) in [5.74, 6) is 0. The van der Waals surface area contributed by atoms with Gasteiger partial charge in [-0.2, -0.15) is 10.5 Å². The van der Waals surface area contributed by atoms with Crippen LogP contribution in [0.1, 0.15) is 32.3 Å². The summed E-state index contributed by atoms with van der Waals surface area (Å²) in [5.41, 5.74) is 6.73. The molecule has 0 unspecified atom stereocenters. The second-order valence-electron chi connectivity index (χ2n) is 12.2. The number of nitriles is 2. The van der Waals surface area contributed by atoms with Gasteiger partial charge in [0.25, 0.3) is 0 Å². The molecular weight excluding hydrogens is 536 g/mol. The van der Waals surface area contributed by atoms with Gasteiger partial charge in [-0.15, -0.1) is 0 Å². The van der Waals surface area contributed by atoms with Gasteiger partial charge in [-0.1, -0.05) is 80.6 Å². The highest BCUT2D eigenvalue weighted by atomic mass is 15.1. The quantitative estimate of drug-likeness (QED) is 0.195. The number of anilines is 4. The van der Waals surface area contributed by atoms with Gasteiger partial charge < -0.3 is 10.2 Å². The van der Waals surface area contributed by atoms with Crippen LogP contribution < -0.4 is 10.2 Å². The van der Waals surface area contributed by atoms with E-state index in [4.69, 9.17) is 0 Å². The molecule has 6 aromatic carbocycles. The van der Waals surface area contributed by atoms with Crippen molar-refractivity contribution in [3.8, 4) is 12.1 Å². The molecule has 7 rings (SSSR count). The lowest BCUT2D eigenvalue weighted by atomic mass is 9.80. The Balaban J connectivity index is 1.36. The monoisotopic (exact) mass is 568 g/mol. The first-order valence-corrected chi connectivity index (χ1v) is 15.1. The topological polar surface area (TPSA) is 62.9 Å². The zero-order chi connectivity index (χ0) is 30.3. The molecule has 0 bridgehead atoms. The smallest absolute Gasteiger partial charge is 0.0992 e. The molecule has 0 radical (unpaired) electrons. The second kappa shape index (κ2) is 10.9. The number of hydrogen-bond acceptors (Lipinski definition) is 4. The Kier molecular flexibility index (Phi) is 6.77. The summed E-state index contributed by atoms with van der Waals surface area (Å²) >= 11 is 0. The van der Waals surface area contributed by atoms with E-state index in [-0.39, 0.29) is 5.41 Å². The summed E-state index contributed by atoms with van der Waals surface area (Å²) in [6.07, 6.45) is 6.09. The fraction of sp³-hybridized carbons (Fsp3) is 0.150. The Labute approximate surface area is 258 Å². The van der Waals surface area contributed by atoms with Gasteiger partial charge in [0.1, 0.15) is 0 Å². The van der Waals surface area contributed by atoms with Gasteiger partial charge in [0, 0.05) is 45.4 Å². The Hall–Kier alpha value is -5.58. The standard InChI is InChI=1S/C40H32N4/c1-40(2,31-10-6-8-27(22-31)24-41)26-43-36-20-16-29-15-19-35-37(21-17-30-14-18-34(36)38(29)39(30)35)44(32-11-4-3-5-12-32)33-13-7-9-28(23-33)25-42/h3-5,7,9-23,43H,6,8,26H2,1-2H3. The van der Waals surface area contributed by atoms with Crippen LogP contribution in [0.4, 0.5) is 22.7 Å². The van der Waals surface area contributed by atoms with Crippen LogP contribution in [0.3, 0.4) is 0 Å². The summed E-state index contributed by atoms with van der Waals surface area (Å²) in [5, 5.41) is 30.1. The van der Waals surface area contributed by atoms with Crippen LogP contribution in [0.25, 0.3) is 32.3 Å². The van der Waals surface area contributed by atoms with Gasteiger partial charge in [-0.05, 0) is 88.5 Å². The van der Waals surface area contributed by atoms with E-state index in [1.54, 1.807) is 0 Å². The van der Waals surface area contributed by atoms with Crippen molar-refractivity contribution in [2.24, 2.45) is 5.41 Å². The molecular formula is C40H32N4. The van der Waals surface area contributed by atoms with Crippen LogP contribution in [-0.2, 0) is 0 Å². The predicted molar refractivity (Wildman–Crippen MR) is 183 cm³/mol. The van der Waals surface area contributed by atoms with Crippen molar-refractivity contribution in [2.45, 2.75) is 26.7 Å². The molecule has 6 aromatic rings. The fourth-order valence-electron chi connectivity index (χ4n) is 6.53. The molecule has 0 heterocycles. The van der Waals surface area contributed by atoms with Crippen LogP contribution in [-0.4, -0.2) is 6.54 Å². The zero-order valence-electron chi connectivity index (χ0n) is 24.9. The van der Waals surface area contributed by atoms with Crippen molar-refractivity contribution in [1.82, 2.24) is 0 Å². The number of benzene rings is 6. The average molecular weight is 569 g/mol. The average Bonchev–Trinajstić information content (AvgIpc) is 3.07. The van der Waals surface area contributed by atoms with Gasteiger partial charge in [0.05, 0.1) is 23.4 Å². The molecule has 0 aliphatic heterocycles. The molecule has 1 aliphatic carbocycles. The summed E-state index contributed by atoms with van der Waals surface area (Å²) in [7, 11) is 0. The fourth-order valence-corrected chi connectivity index (χ4v) is 6.53. The highest BCUT2D eigenvalue weighted by Crippen LogP contribution is 2.45. The van der Waals surface area contributed by atoms with Crippen molar-refractivity contribution in [1.29, 1.82) is 10.5 Å². The molecule has 4 nitrogen and oxygen atoms in total. The molecule has 4 heteroatoms. The van der Waals surface area contributed by atoms with E-state index < -0.39 is 0 Å². The first kappa shape index (κ1) is 27.3. The largest absolute Gasteiger partial charge is 0.384 e. The third kappa shape index (κ3) is 4.72. The van der Waals surface area contributed by atoms with Crippen LogP contribution in [0.2, 0.25) is 0 Å². The lowest BCUT2D eigenvalue weighted by molar-refractivity contribution is 0.483. The van der Waals surface area contributed by atoms with Gasteiger partial charge in [0.15, 0.2) is 0 Å². The van der Waals surface area contributed by atoms with E-state index in [0.29, 0.717) is 5.56 Å². The van der Waals surface area contributed by atoms with E-state index in [9.17, 15) is 10.5 Å². The van der Waals surface area contributed by atoms with Gasteiger partial charge in [-0.3, -0.25) is 0 Å². The molecule has 0 spiro atoms. The molecule has 1 aliphatic rings. The molecule has 0 saturated heterocycles. The van der Waals surface area contributed by atoms with E-state index in [2.05, 4.69) is 115 Å². The molecule has 0 atom stereocenters. The first-order chi connectivity index (χ1) is 21.5. The molecule has 44 heavy (non-hydrogen) atoms. The Bertz CT molecular complexity index is 2170. The van der Waals surface area contributed by atoms with E-state index >= 15 is 0 Å². The lowest BCUT2D eigenvalue weighted by Gasteiger charge is -2.30. The van der Waals surface area contributed by atoms with Crippen molar-refractivity contribution in [2.75, 3.05) is 16.8 Å². The highest BCUT2D eigenvalue weighted by Gasteiger charge is 2.25. The Morgan fingerprint density at radius 1 is 0.750 bits per heavy atom. The van der Waals surface area contributed by atoms with E-state index in [1.807, 2.05) is 36.4 Å². The van der Waals surface area contributed by atoms with Gasteiger partial charge >= 0.3 is 0 Å². The molecule has 0 saturated carbocycles. The molecule has 0 fully saturated rings. The van der Waals surface area contributed by atoms with Crippen LogP contribution >= 0.6 is 0 Å². The third-order valence-electron chi connectivity index (χ3n) is 8.88. The molecule has 212 valence electrons. The number of para-hydroxylation sites is 1. The number of allylic oxidation sites excluding steroid dienone is 3. The summed E-state index contributed by atoms with van der Waals surface area (Å²) < 4.78 is 0. The Morgan fingerprint density at radius 2 is 1.45 bits per heavy atom. The third-order valence-corrected chi connectivity index (χ3v) is 8.88. The van der Waals surface area contributed by atoms with Gasteiger partial charge in [-0.25, -0.2) is 0 Å². The minimum absolute atomic E-state index is 0.131. The van der Waals surface area contributed by atoms with Crippen LogP contribution in [0.15, 0.2) is 126 Å². The maximum absolute atomic E-state index is 9.67. The summed E-state index contributed by atoms with van der Waals surface area (Å²) in [4.78, 5) is 2.25. The minimum atomic E-state index is -0.131. The minimum Gasteiger partial charge on any atom is -0.384 e. The van der Waals surface area contributed by atoms with Gasteiger partial charge in [0.2, 0.25) is 0 Å². The molecule has 1 N–H and O–H groups in total.